The average Bonchev–Trinajstić information content (AvgIpc) is 1.86. The first-order valence-corrected chi connectivity index (χ1v) is 4.64. The van der Waals surface area contributed by atoms with Crippen LogP contribution < -0.4 is 0 Å². The molecule has 0 spiro atoms. The maximum Gasteiger partial charge on any atom is 0.183 e. The van der Waals surface area contributed by atoms with Gasteiger partial charge in [0.25, 0.3) is 0 Å². The van der Waals surface area contributed by atoms with Crippen LogP contribution in [-0.2, 0) is 9.84 Å². The smallest absolute Gasteiger partial charge is 0.183 e. The Hall–Kier alpha value is -0.830. The van der Waals surface area contributed by atoms with Crippen LogP contribution in [0.15, 0.2) is 29.2 Å². The fourth-order valence-electron chi connectivity index (χ4n) is 0.728. The van der Waals surface area contributed by atoms with E-state index in [9.17, 15) is 8.42 Å². The quantitative estimate of drug-likeness (QED) is 0.635. The molecule has 0 fully saturated rings. The minimum absolute atomic E-state index is 0.156. The van der Waals surface area contributed by atoms with Gasteiger partial charge in [-0.25, -0.2) is 8.42 Å². The zero-order valence-electron chi connectivity index (χ0n) is 6.11. The van der Waals surface area contributed by atoms with Crippen molar-refractivity contribution < 1.29 is 8.42 Å². The molecule has 0 aromatic heterocycles. The highest BCUT2D eigenvalue weighted by molar-refractivity contribution is 7.92. The molecule has 0 N–H and O–H groups in total. The summed E-state index contributed by atoms with van der Waals surface area (Å²) in [5.41, 5.74) is 1.01. The van der Waals surface area contributed by atoms with Gasteiger partial charge >= 0.3 is 0 Å². The minimum Gasteiger partial charge on any atom is -0.223 e. The van der Waals surface area contributed by atoms with E-state index in [0.29, 0.717) is 0 Å². The molecule has 0 heterocycles. The highest BCUT2D eigenvalue weighted by Gasteiger charge is 2.04. The second kappa shape index (κ2) is 2.66. The first-order valence-electron chi connectivity index (χ1n) is 3.09. The first kappa shape index (κ1) is 8.27. The molecule has 1 rings (SSSR count). The van der Waals surface area contributed by atoms with Crippen molar-refractivity contribution in [3.05, 3.63) is 36.1 Å². The Bertz CT molecular complexity index is 335. The third-order valence-electron chi connectivity index (χ3n) is 1.35. The van der Waals surface area contributed by atoms with Crippen molar-refractivity contribution in [1.82, 2.24) is 0 Å². The average molecular weight is 168 g/mol. The van der Waals surface area contributed by atoms with Crippen LogP contribution in [0.4, 0.5) is 0 Å². The van der Waals surface area contributed by atoms with Crippen molar-refractivity contribution in [2.24, 2.45) is 0 Å². The molecule has 0 bridgehead atoms. The Morgan fingerprint density at radius 2 is 1.64 bits per heavy atom. The van der Waals surface area contributed by atoms with Gasteiger partial charge in [0.15, 0.2) is 9.84 Å². The van der Waals surface area contributed by atoms with Gasteiger partial charge < -0.3 is 0 Å². The number of hydrogen-bond donors (Lipinski definition) is 0. The third-order valence-corrected chi connectivity index (χ3v) is 2.28. The molecule has 3 heteroatoms. The van der Waals surface area contributed by atoms with Crippen LogP contribution in [0.25, 0.3) is 0 Å². The zero-order valence-corrected chi connectivity index (χ0v) is 6.93. The lowest BCUT2D eigenvalue weighted by Gasteiger charge is -1.96. The van der Waals surface area contributed by atoms with Crippen molar-refractivity contribution in [2.45, 2.75) is 11.8 Å². The number of rotatable bonds is 1. The van der Waals surface area contributed by atoms with Crippen molar-refractivity contribution in [1.29, 1.82) is 0 Å². The lowest BCUT2D eigenvalue weighted by atomic mass is 10.2. The second-order valence-corrected chi connectivity index (χ2v) is 3.92. The van der Waals surface area contributed by atoms with Gasteiger partial charge in [-0.15, -0.1) is 0 Å². The molecule has 0 aliphatic heterocycles. The molecule has 2 nitrogen and oxygen atoms in total. The normalized spacial score (nSPS) is 11.5. The topological polar surface area (TPSA) is 34.1 Å². The van der Waals surface area contributed by atoms with Crippen molar-refractivity contribution >= 4 is 9.84 Å². The van der Waals surface area contributed by atoms with Crippen LogP contribution in [0, 0.1) is 13.2 Å². The molecule has 1 aromatic carbocycles. The number of aryl methyl sites for hydroxylation is 1. The van der Waals surface area contributed by atoms with Gasteiger partial charge in [0.05, 0.1) is 4.90 Å². The summed E-state index contributed by atoms with van der Waals surface area (Å²) in [5, 5.41) is 0. The summed E-state index contributed by atoms with van der Waals surface area (Å²) in [5.74, 6) is 0. The summed E-state index contributed by atoms with van der Waals surface area (Å²) in [7, 11) is -3.52. The SMILES string of the molecule is [CH]S(=O)(=O)c1ccc(C)cc1. The standard InChI is InChI=1S/C8H8O2S/c1-7-3-5-8(6-4-7)11(2,9)10/h2-6H,1H3. The maximum atomic E-state index is 10.7. The molecule has 1 aromatic rings. The van der Waals surface area contributed by atoms with Crippen molar-refractivity contribution in [2.75, 3.05) is 0 Å². The van der Waals surface area contributed by atoms with Crippen molar-refractivity contribution in [3.8, 4) is 0 Å². The predicted octanol–water partition coefficient (Wildman–Crippen LogP) is 1.44. The summed E-state index contributed by atoms with van der Waals surface area (Å²) < 4.78 is 21.4. The Morgan fingerprint density at radius 3 is 2.00 bits per heavy atom. The fourth-order valence-corrected chi connectivity index (χ4v) is 1.24. The summed E-state index contributed by atoms with van der Waals surface area (Å²) in [6, 6.07) is 6.40. The molecule has 58 valence electrons. The van der Waals surface area contributed by atoms with E-state index in [0.717, 1.165) is 5.56 Å². The maximum absolute atomic E-state index is 10.7. The van der Waals surface area contributed by atoms with Crippen LogP contribution in [0.1, 0.15) is 5.56 Å². The Balaban J connectivity index is 3.20. The monoisotopic (exact) mass is 168 g/mol. The Labute approximate surface area is 66.8 Å². The molecule has 0 unspecified atom stereocenters. The molecule has 11 heavy (non-hydrogen) atoms. The van der Waals surface area contributed by atoms with E-state index in [1.54, 1.807) is 12.1 Å². The van der Waals surface area contributed by atoms with E-state index < -0.39 is 9.84 Å². The van der Waals surface area contributed by atoms with Crippen LogP contribution in [0.2, 0.25) is 0 Å². The van der Waals surface area contributed by atoms with E-state index in [-0.39, 0.29) is 4.90 Å². The van der Waals surface area contributed by atoms with Gasteiger partial charge in [-0.3, -0.25) is 0 Å². The summed E-state index contributed by atoms with van der Waals surface area (Å²) in [6.45, 7) is 1.88. The van der Waals surface area contributed by atoms with Crippen LogP contribution >= 0.6 is 0 Å². The molecule has 0 aliphatic carbocycles. The van der Waals surface area contributed by atoms with Gasteiger partial charge in [0.2, 0.25) is 0 Å². The summed E-state index contributed by atoms with van der Waals surface area (Å²) in [4.78, 5) is 0.156. The first-order chi connectivity index (χ1) is 5.00. The van der Waals surface area contributed by atoms with E-state index in [4.69, 9.17) is 6.26 Å². The number of hydrogen-bond acceptors (Lipinski definition) is 2. The molecule has 0 atom stereocenters. The van der Waals surface area contributed by atoms with Crippen LogP contribution in [0.3, 0.4) is 0 Å². The van der Waals surface area contributed by atoms with E-state index in [2.05, 4.69) is 0 Å². The highest BCUT2D eigenvalue weighted by Crippen LogP contribution is 2.09. The molecule has 0 saturated heterocycles. The fraction of sp³-hybridized carbons (Fsp3) is 0.125. The van der Waals surface area contributed by atoms with E-state index in [1.807, 2.05) is 6.92 Å². The third kappa shape index (κ3) is 2.05. The molecular formula is C8H8O2S. The number of benzene rings is 1. The second-order valence-electron chi connectivity index (χ2n) is 2.36. The highest BCUT2D eigenvalue weighted by atomic mass is 32.2. The molecular weight excluding hydrogens is 160 g/mol. The molecule has 0 aliphatic rings. The lowest BCUT2D eigenvalue weighted by Crippen LogP contribution is -1.93. The van der Waals surface area contributed by atoms with Gasteiger partial charge in [0.1, 0.15) is 6.26 Å². The van der Waals surface area contributed by atoms with Gasteiger partial charge in [-0.2, -0.15) is 0 Å². The molecule has 0 amide bonds. The van der Waals surface area contributed by atoms with Gasteiger partial charge in [-0.1, -0.05) is 17.7 Å². The Morgan fingerprint density at radius 1 is 1.18 bits per heavy atom. The van der Waals surface area contributed by atoms with Gasteiger partial charge in [-0.05, 0) is 19.1 Å². The largest absolute Gasteiger partial charge is 0.223 e. The summed E-state index contributed by atoms with van der Waals surface area (Å²) in [6.07, 6.45) is 4.88. The van der Waals surface area contributed by atoms with Crippen LogP contribution in [0.5, 0.6) is 0 Å². The van der Waals surface area contributed by atoms with Crippen molar-refractivity contribution in [3.63, 3.8) is 0 Å². The van der Waals surface area contributed by atoms with Gasteiger partial charge in [0, 0.05) is 0 Å². The lowest BCUT2D eigenvalue weighted by molar-refractivity contribution is 0.604. The molecule has 2 radical (unpaired) electrons. The molecule has 0 saturated carbocycles. The van der Waals surface area contributed by atoms with E-state index in [1.165, 1.54) is 12.1 Å². The minimum atomic E-state index is -3.52. The zero-order chi connectivity index (χ0) is 8.48. The summed E-state index contributed by atoms with van der Waals surface area (Å²) >= 11 is 0. The Kier molecular flexibility index (Phi) is 2.00. The van der Waals surface area contributed by atoms with Crippen LogP contribution in [-0.4, -0.2) is 8.42 Å². The number of sulfone groups is 1. The predicted molar refractivity (Wildman–Crippen MR) is 42.7 cm³/mol. The van der Waals surface area contributed by atoms with E-state index >= 15 is 0 Å².